The van der Waals surface area contributed by atoms with E-state index in [1.54, 1.807) is 27.8 Å². The molecule has 1 aromatic carbocycles. The zero-order chi connectivity index (χ0) is 13.9. The van der Waals surface area contributed by atoms with Crippen LogP contribution in [0.4, 0.5) is 0 Å². The number of rotatable bonds is 4. The third-order valence-corrected chi connectivity index (χ3v) is 5.25. The van der Waals surface area contributed by atoms with Crippen LogP contribution in [0.15, 0.2) is 35.5 Å². The summed E-state index contributed by atoms with van der Waals surface area (Å²) in [6.07, 6.45) is 0. The Kier molecular flexibility index (Phi) is 3.79. The Hall–Kier alpha value is -1.73. The van der Waals surface area contributed by atoms with E-state index in [0.717, 1.165) is 27.2 Å². The number of aromatic nitrogens is 5. The summed E-state index contributed by atoms with van der Waals surface area (Å²) >= 11 is 3.36. The zero-order valence-electron chi connectivity index (χ0n) is 11.1. The quantitative estimate of drug-likeness (QED) is 0.694. The van der Waals surface area contributed by atoms with Crippen LogP contribution >= 0.6 is 23.1 Å². The monoisotopic (exact) mass is 303 g/mol. The van der Waals surface area contributed by atoms with Crippen molar-refractivity contribution in [2.45, 2.75) is 17.8 Å². The van der Waals surface area contributed by atoms with E-state index in [1.807, 2.05) is 32.2 Å². The zero-order valence-corrected chi connectivity index (χ0v) is 12.8. The molecular formula is C13H13N5S2. The van der Waals surface area contributed by atoms with Crippen LogP contribution in [-0.4, -0.2) is 25.2 Å². The minimum absolute atomic E-state index is 0.819. The maximum absolute atomic E-state index is 4.65. The highest BCUT2D eigenvalue weighted by atomic mass is 32.2. The van der Waals surface area contributed by atoms with Crippen molar-refractivity contribution >= 4 is 23.1 Å². The summed E-state index contributed by atoms with van der Waals surface area (Å²) in [5.74, 6) is 0.838. The summed E-state index contributed by atoms with van der Waals surface area (Å²) in [6, 6.07) is 10.3. The normalized spacial score (nSPS) is 10.9. The van der Waals surface area contributed by atoms with Crippen molar-refractivity contribution in [3.05, 3.63) is 40.9 Å². The molecule has 0 radical (unpaired) electrons. The van der Waals surface area contributed by atoms with Crippen molar-refractivity contribution in [1.82, 2.24) is 25.2 Å². The van der Waals surface area contributed by atoms with Crippen molar-refractivity contribution in [3.8, 4) is 10.6 Å². The third kappa shape index (κ3) is 2.73. The smallest absolute Gasteiger partial charge is 0.209 e. The number of benzene rings is 1. The second-order valence-corrected chi connectivity index (χ2v) is 6.29. The van der Waals surface area contributed by atoms with Crippen molar-refractivity contribution in [2.75, 3.05) is 0 Å². The van der Waals surface area contributed by atoms with Gasteiger partial charge in [-0.2, -0.15) is 0 Å². The lowest BCUT2D eigenvalue weighted by Gasteiger charge is -1.97. The summed E-state index contributed by atoms with van der Waals surface area (Å²) in [7, 11) is 1.84. The van der Waals surface area contributed by atoms with Crippen LogP contribution in [0.3, 0.4) is 0 Å². The van der Waals surface area contributed by atoms with Gasteiger partial charge in [0, 0.05) is 23.2 Å². The number of tetrazole rings is 1. The van der Waals surface area contributed by atoms with Crippen molar-refractivity contribution in [3.63, 3.8) is 0 Å². The summed E-state index contributed by atoms with van der Waals surface area (Å²) in [5, 5.41) is 13.3. The van der Waals surface area contributed by atoms with Crippen LogP contribution in [0.5, 0.6) is 0 Å². The van der Waals surface area contributed by atoms with Gasteiger partial charge in [0.1, 0.15) is 5.01 Å². The Morgan fingerprint density at radius 3 is 2.75 bits per heavy atom. The Morgan fingerprint density at radius 2 is 2.05 bits per heavy atom. The van der Waals surface area contributed by atoms with Gasteiger partial charge < -0.3 is 0 Å². The van der Waals surface area contributed by atoms with Crippen molar-refractivity contribution < 1.29 is 0 Å². The van der Waals surface area contributed by atoms with Crippen LogP contribution in [0.2, 0.25) is 0 Å². The van der Waals surface area contributed by atoms with Crippen molar-refractivity contribution in [2.24, 2.45) is 7.05 Å². The summed E-state index contributed by atoms with van der Waals surface area (Å²) in [4.78, 5) is 5.91. The van der Waals surface area contributed by atoms with E-state index in [0.29, 0.717) is 0 Å². The van der Waals surface area contributed by atoms with Gasteiger partial charge in [0.2, 0.25) is 5.16 Å². The second-order valence-electron chi connectivity index (χ2n) is 4.27. The predicted molar refractivity (Wildman–Crippen MR) is 80.6 cm³/mol. The summed E-state index contributed by atoms with van der Waals surface area (Å²) in [6.45, 7) is 2.05. The number of hydrogen-bond donors (Lipinski definition) is 0. The molecule has 0 atom stereocenters. The van der Waals surface area contributed by atoms with Gasteiger partial charge in [0.25, 0.3) is 0 Å². The molecule has 5 nitrogen and oxygen atoms in total. The highest BCUT2D eigenvalue weighted by Crippen LogP contribution is 2.31. The van der Waals surface area contributed by atoms with Crippen LogP contribution in [-0.2, 0) is 12.8 Å². The fourth-order valence-electron chi connectivity index (χ4n) is 1.74. The molecule has 0 amide bonds. The van der Waals surface area contributed by atoms with E-state index in [-0.39, 0.29) is 0 Å². The van der Waals surface area contributed by atoms with E-state index < -0.39 is 0 Å². The maximum atomic E-state index is 4.65. The molecule has 20 heavy (non-hydrogen) atoms. The van der Waals surface area contributed by atoms with Gasteiger partial charge in [0.05, 0.1) is 5.69 Å². The molecule has 0 bridgehead atoms. The lowest BCUT2D eigenvalue weighted by atomic mass is 10.2. The molecular weight excluding hydrogens is 290 g/mol. The van der Waals surface area contributed by atoms with Crippen molar-refractivity contribution in [1.29, 1.82) is 0 Å². The van der Waals surface area contributed by atoms with E-state index in [2.05, 4.69) is 32.6 Å². The first-order chi connectivity index (χ1) is 9.74. The van der Waals surface area contributed by atoms with Crippen LogP contribution < -0.4 is 0 Å². The highest BCUT2D eigenvalue weighted by Gasteiger charge is 2.11. The Labute approximate surface area is 125 Å². The Morgan fingerprint density at radius 1 is 1.25 bits per heavy atom. The van der Waals surface area contributed by atoms with Gasteiger partial charge in [-0.3, -0.25) is 0 Å². The van der Waals surface area contributed by atoms with Gasteiger partial charge in [-0.15, -0.1) is 16.4 Å². The second kappa shape index (κ2) is 5.72. The molecule has 0 spiro atoms. The topological polar surface area (TPSA) is 56.5 Å². The fraction of sp³-hybridized carbons (Fsp3) is 0.231. The fourth-order valence-corrected chi connectivity index (χ4v) is 3.80. The molecule has 0 unspecified atom stereocenters. The van der Waals surface area contributed by atoms with Gasteiger partial charge >= 0.3 is 0 Å². The molecule has 0 aliphatic carbocycles. The SMILES string of the molecule is Cc1nc(-c2ccccc2)sc1CSc1nnnn1C. The number of nitrogens with zero attached hydrogens (tertiary/aromatic N) is 5. The molecule has 0 aliphatic rings. The highest BCUT2D eigenvalue weighted by molar-refractivity contribution is 7.98. The molecule has 3 rings (SSSR count). The first-order valence-corrected chi connectivity index (χ1v) is 7.91. The standard InChI is InChI=1S/C13H13N5S2/c1-9-11(8-19-13-15-16-17-18(13)2)20-12(14-9)10-6-4-3-5-7-10/h3-7H,8H2,1-2H3. The lowest BCUT2D eigenvalue weighted by Crippen LogP contribution is -1.93. The summed E-state index contributed by atoms with van der Waals surface area (Å²) in [5.41, 5.74) is 2.24. The van der Waals surface area contributed by atoms with E-state index in [1.165, 1.54) is 4.88 Å². The Balaban J connectivity index is 1.78. The largest absolute Gasteiger partial charge is 0.241 e. The van der Waals surface area contributed by atoms with E-state index in [4.69, 9.17) is 0 Å². The van der Waals surface area contributed by atoms with Crippen LogP contribution in [0.1, 0.15) is 10.6 Å². The molecule has 0 saturated carbocycles. The number of thiazole rings is 1. The number of aryl methyl sites for hydroxylation is 2. The maximum Gasteiger partial charge on any atom is 0.209 e. The molecule has 102 valence electrons. The molecule has 2 aromatic heterocycles. The predicted octanol–water partition coefficient (Wildman–Crippen LogP) is 2.93. The van der Waals surface area contributed by atoms with E-state index >= 15 is 0 Å². The van der Waals surface area contributed by atoms with E-state index in [9.17, 15) is 0 Å². The van der Waals surface area contributed by atoms with Crippen LogP contribution in [0.25, 0.3) is 10.6 Å². The molecule has 0 fully saturated rings. The van der Waals surface area contributed by atoms with Gasteiger partial charge in [-0.05, 0) is 17.4 Å². The average Bonchev–Trinajstić information content (AvgIpc) is 3.04. The third-order valence-electron chi connectivity index (χ3n) is 2.83. The lowest BCUT2D eigenvalue weighted by molar-refractivity contribution is 0.664. The minimum Gasteiger partial charge on any atom is -0.241 e. The molecule has 3 aromatic rings. The number of thioether (sulfide) groups is 1. The van der Waals surface area contributed by atoms with Crippen LogP contribution in [0, 0.1) is 6.92 Å². The molecule has 2 heterocycles. The Bertz CT molecular complexity index is 705. The first-order valence-electron chi connectivity index (χ1n) is 6.11. The molecule has 7 heteroatoms. The summed E-state index contributed by atoms with van der Waals surface area (Å²) < 4.78 is 1.68. The van der Waals surface area contributed by atoms with Gasteiger partial charge in [-0.1, -0.05) is 42.1 Å². The first kappa shape index (κ1) is 13.3. The molecule has 0 aliphatic heterocycles. The minimum atomic E-state index is 0.819. The van der Waals surface area contributed by atoms with Gasteiger partial charge in [-0.25, -0.2) is 9.67 Å². The number of hydrogen-bond acceptors (Lipinski definition) is 6. The molecule has 0 saturated heterocycles. The van der Waals surface area contributed by atoms with Gasteiger partial charge in [0.15, 0.2) is 0 Å². The average molecular weight is 303 g/mol. The molecule has 0 N–H and O–H groups in total.